The van der Waals surface area contributed by atoms with E-state index < -0.39 is 0 Å². The van der Waals surface area contributed by atoms with E-state index in [1.807, 2.05) is 42.5 Å². The molecule has 0 spiro atoms. The van der Waals surface area contributed by atoms with Crippen LogP contribution in [0.3, 0.4) is 0 Å². The Hall–Kier alpha value is -4.60. The Kier molecular flexibility index (Phi) is 4.59. The molecule has 2 aromatic carbocycles. The number of rotatable bonds is 4. The zero-order valence-corrected chi connectivity index (χ0v) is 17.3. The van der Waals surface area contributed by atoms with Crippen LogP contribution in [0.4, 0.5) is 5.95 Å². The molecule has 5 aromatic rings. The highest BCUT2D eigenvalue weighted by Gasteiger charge is 2.16. The molecule has 0 saturated carbocycles. The molecular formula is C22H18N8O2. The predicted molar refractivity (Wildman–Crippen MR) is 119 cm³/mol. The largest absolute Gasteiger partial charge is 0.480 e. The number of tetrazole rings is 1. The van der Waals surface area contributed by atoms with Crippen molar-refractivity contribution in [3.05, 3.63) is 71.1 Å². The number of nitrogen functional groups attached to an aromatic ring is 1. The van der Waals surface area contributed by atoms with Crippen LogP contribution in [-0.4, -0.2) is 41.9 Å². The number of nitrogens with two attached hydrogens (primary N) is 1. The van der Waals surface area contributed by atoms with E-state index >= 15 is 0 Å². The van der Waals surface area contributed by atoms with Gasteiger partial charge < -0.3 is 10.5 Å². The molecule has 10 heteroatoms. The van der Waals surface area contributed by atoms with Crippen molar-refractivity contribution in [1.29, 1.82) is 0 Å². The Balaban J connectivity index is 1.69. The zero-order valence-electron chi connectivity index (χ0n) is 17.3. The lowest BCUT2D eigenvalue weighted by molar-refractivity contribution is 0.399. The smallest absolute Gasteiger partial charge is 0.267 e. The summed E-state index contributed by atoms with van der Waals surface area (Å²) >= 11 is 0. The maximum absolute atomic E-state index is 13.3. The van der Waals surface area contributed by atoms with Crippen molar-refractivity contribution in [1.82, 2.24) is 34.7 Å². The average molecular weight is 426 g/mol. The first-order valence-corrected chi connectivity index (χ1v) is 9.71. The fourth-order valence-electron chi connectivity index (χ4n) is 3.60. The molecule has 0 unspecified atom stereocenters. The SMILES string of the molecule is COc1ncc(-c2ccc3nc(N)n(-c4ccccc4)c(=O)c3c2)cc1-c1nnnn1C. The standard InChI is InChI=1S/C22H18N8O2/c1-29-19(26-27-28-29)17-11-14(12-24-20(17)32-2)13-8-9-18-16(10-13)21(31)30(22(23)25-18)15-6-4-3-5-7-15/h3-12H,1-2H3,(H2,23,25). The van der Waals surface area contributed by atoms with Crippen molar-refractivity contribution in [2.45, 2.75) is 0 Å². The van der Waals surface area contributed by atoms with Gasteiger partial charge in [0.25, 0.3) is 5.56 Å². The van der Waals surface area contributed by atoms with E-state index in [9.17, 15) is 4.79 Å². The van der Waals surface area contributed by atoms with E-state index in [-0.39, 0.29) is 11.5 Å². The van der Waals surface area contributed by atoms with Gasteiger partial charge in [0.2, 0.25) is 11.8 Å². The number of nitrogens with zero attached hydrogens (tertiary/aromatic N) is 7. The maximum atomic E-state index is 13.3. The Labute approximate surface area is 181 Å². The van der Waals surface area contributed by atoms with Crippen LogP contribution >= 0.6 is 0 Å². The molecule has 0 atom stereocenters. The van der Waals surface area contributed by atoms with Gasteiger partial charge in [0.05, 0.1) is 29.3 Å². The van der Waals surface area contributed by atoms with Gasteiger partial charge >= 0.3 is 0 Å². The summed E-state index contributed by atoms with van der Waals surface area (Å²) in [6, 6.07) is 16.5. The number of benzene rings is 2. The number of anilines is 1. The second kappa shape index (κ2) is 7.58. The molecule has 2 N–H and O–H groups in total. The topological polar surface area (TPSA) is 127 Å². The number of fused-ring (bicyclic) bond motifs is 1. The fourth-order valence-corrected chi connectivity index (χ4v) is 3.60. The molecule has 32 heavy (non-hydrogen) atoms. The molecule has 0 aliphatic rings. The van der Waals surface area contributed by atoms with Gasteiger partial charge in [-0.05, 0) is 46.3 Å². The van der Waals surface area contributed by atoms with Gasteiger partial charge in [-0.3, -0.25) is 4.79 Å². The number of ether oxygens (including phenoxy) is 1. The van der Waals surface area contributed by atoms with Gasteiger partial charge in [-0.25, -0.2) is 19.2 Å². The maximum Gasteiger partial charge on any atom is 0.267 e. The minimum Gasteiger partial charge on any atom is -0.480 e. The summed E-state index contributed by atoms with van der Waals surface area (Å²) in [5, 5.41) is 12.1. The Morgan fingerprint density at radius 2 is 1.84 bits per heavy atom. The normalized spacial score (nSPS) is 11.1. The van der Waals surface area contributed by atoms with Crippen molar-refractivity contribution in [3.8, 4) is 34.1 Å². The Morgan fingerprint density at radius 1 is 1.03 bits per heavy atom. The molecule has 0 amide bonds. The van der Waals surface area contributed by atoms with Gasteiger partial charge in [0.1, 0.15) is 0 Å². The number of para-hydroxylation sites is 1. The van der Waals surface area contributed by atoms with Crippen LogP contribution in [0.1, 0.15) is 0 Å². The lowest BCUT2D eigenvalue weighted by atomic mass is 10.0. The molecule has 0 aliphatic heterocycles. The first-order chi connectivity index (χ1) is 15.6. The number of methoxy groups -OCH3 is 1. The average Bonchev–Trinajstić information content (AvgIpc) is 3.25. The third-order valence-corrected chi connectivity index (χ3v) is 5.15. The third-order valence-electron chi connectivity index (χ3n) is 5.15. The van der Waals surface area contributed by atoms with Gasteiger partial charge in [0.15, 0.2) is 5.82 Å². The number of hydrogen-bond acceptors (Lipinski definition) is 8. The van der Waals surface area contributed by atoms with Crippen LogP contribution in [0.15, 0.2) is 65.6 Å². The van der Waals surface area contributed by atoms with Crippen molar-refractivity contribution < 1.29 is 4.74 Å². The number of aryl methyl sites for hydroxylation is 1. The minimum atomic E-state index is -0.250. The van der Waals surface area contributed by atoms with Gasteiger partial charge in [-0.2, -0.15) is 0 Å². The summed E-state index contributed by atoms with van der Waals surface area (Å²) < 4.78 is 8.32. The second-order valence-corrected chi connectivity index (χ2v) is 7.08. The minimum absolute atomic E-state index is 0.129. The molecule has 0 bridgehead atoms. The summed E-state index contributed by atoms with van der Waals surface area (Å²) in [4.78, 5) is 22.1. The monoisotopic (exact) mass is 426 g/mol. The van der Waals surface area contributed by atoms with E-state index in [0.29, 0.717) is 33.9 Å². The van der Waals surface area contributed by atoms with E-state index in [4.69, 9.17) is 10.5 Å². The van der Waals surface area contributed by atoms with Crippen LogP contribution in [0.5, 0.6) is 5.88 Å². The third kappa shape index (κ3) is 3.14. The molecule has 5 rings (SSSR count). The molecule has 0 fully saturated rings. The number of pyridine rings is 1. The molecular weight excluding hydrogens is 408 g/mol. The first kappa shape index (κ1) is 19.4. The first-order valence-electron chi connectivity index (χ1n) is 9.71. The van der Waals surface area contributed by atoms with Crippen molar-refractivity contribution in [3.63, 3.8) is 0 Å². The Morgan fingerprint density at radius 3 is 2.56 bits per heavy atom. The summed E-state index contributed by atoms with van der Waals surface area (Å²) in [6.45, 7) is 0. The van der Waals surface area contributed by atoms with Crippen LogP contribution in [0.25, 0.3) is 39.1 Å². The molecule has 0 saturated heterocycles. The van der Waals surface area contributed by atoms with Crippen LogP contribution in [-0.2, 0) is 7.05 Å². The van der Waals surface area contributed by atoms with E-state index in [1.54, 1.807) is 25.4 Å². The van der Waals surface area contributed by atoms with E-state index in [1.165, 1.54) is 16.4 Å². The zero-order chi connectivity index (χ0) is 22.2. The van der Waals surface area contributed by atoms with Crippen LogP contribution < -0.4 is 16.0 Å². The quantitative estimate of drug-likeness (QED) is 0.464. The molecule has 158 valence electrons. The van der Waals surface area contributed by atoms with Crippen molar-refractivity contribution >= 4 is 16.9 Å². The number of aromatic nitrogens is 7. The molecule has 3 aromatic heterocycles. The summed E-state index contributed by atoms with van der Waals surface area (Å²) in [5.74, 6) is 1.04. The molecule has 10 nitrogen and oxygen atoms in total. The van der Waals surface area contributed by atoms with E-state index in [0.717, 1.165) is 11.1 Å². The van der Waals surface area contributed by atoms with Crippen molar-refractivity contribution in [2.24, 2.45) is 7.05 Å². The number of hydrogen-bond donors (Lipinski definition) is 1. The summed E-state index contributed by atoms with van der Waals surface area (Å²) in [6.07, 6.45) is 1.67. The van der Waals surface area contributed by atoms with Crippen LogP contribution in [0, 0.1) is 0 Å². The van der Waals surface area contributed by atoms with Crippen molar-refractivity contribution in [2.75, 3.05) is 12.8 Å². The lowest BCUT2D eigenvalue weighted by Crippen LogP contribution is -2.23. The fraction of sp³-hybridized carbons (Fsp3) is 0.0909. The Bertz CT molecular complexity index is 1510. The van der Waals surface area contributed by atoms with E-state index in [2.05, 4.69) is 25.5 Å². The second-order valence-electron chi connectivity index (χ2n) is 7.08. The highest BCUT2D eigenvalue weighted by Crippen LogP contribution is 2.31. The lowest BCUT2D eigenvalue weighted by Gasteiger charge is -2.12. The summed E-state index contributed by atoms with van der Waals surface area (Å²) in [5.41, 5.74) is 9.20. The highest BCUT2D eigenvalue weighted by atomic mass is 16.5. The van der Waals surface area contributed by atoms with Gasteiger partial charge in [0, 0.05) is 18.8 Å². The van der Waals surface area contributed by atoms with Crippen LogP contribution in [0.2, 0.25) is 0 Å². The highest BCUT2D eigenvalue weighted by molar-refractivity contribution is 5.85. The molecule has 3 heterocycles. The summed E-state index contributed by atoms with van der Waals surface area (Å²) in [7, 11) is 3.27. The van der Waals surface area contributed by atoms with Gasteiger partial charge in [-0.15, -0.1) is 5.10 Å². The predicted octanol–water partition coefficient (Wildman–Crippen LogP) is 2.23. The molecule has 0 aliphatic carbocycles. The molecule has 0 radical (unpaired) electrons. The van der Waals surface area contributed by atoms with Gasteiger partial charge in [-0.1, -0.05) is 24.3 Å².